The summed E-state index contributed by atoms with van der Waals surface area (Å²) in [6, 6.07) is 14.9. The second-order valence-electron chi connectivity index (χ2n) is 8.62. The molecule has 4 heterocycles. The topological polar surface area (TPSA) is 119 Å². The van der Waals surface area contributed by atoms with E-state index in [0.717, 1.165) is 27.9 Å². The van der Waals surface area contributed by atoms with Crippen LogP contribution in [-0.4, -0.2) is 61.8 Å². The first kappa shape index (κ1) is 22.7. The van der Waals surface area contributed by atoms with E-state index in [9.17, 15) is 4.79 Å². The molecule has 0 saturated carbocycles. The number of anilines is 3. The highest BCUT2D eigenvalue weighted by atomic mass is 16.5. The quantitative estimate of drug-likeness (QED) is 0.368. The standard InChI is InChI=1S/C26H24N8O3/c1-17-12-18(3-5-23(17)37-20-6-7-34-24(14-20)28-16-30-34)31-25-21-13-19(2-4-22(21)27-15-29-25)32-26(35)33-8-10-36-11-9-33/h2-7,12-16H,8-11H2,1H3,(H,32,35)(H,27,29,31). The van der Waals surface area contributed by atoms with Gasteiger partial charge in [0.2, 0.25) is 0 Å². The van der Waals surface area contributed by atoms with E-state index in [1.165, 1.54) is 12.7 Å². The second-order valence-corrected chi connectivity index (χ2v) is 8.62. The van der Waals surface area contributed by atoms with E-state index in [4.69, 9.17) is 9.47 Å². The Balaban J connectivity index is 1.21. The lowest BCUT2D eigenvalue weighted by Gasteiger charge is -2.27. The third-order valence-corrected chi connectivity index (χ3v) is 6.10. The summed E-state index contributed by atoms with van der Waals surface area (Å²) in [4.78, 5) is 27.4. The Morgan fingerprint density at radius 3 is 2.70 bits per heavy atom. The van der Waals surface area contributed by atoms with Gasteiger partial charge in [-0.15, -0.1) is 0 Å². The van der Waals surface area contributed by atoms with Gasteiger partial charge in [0.05, 0.1) is 18.7 Å². The number of urea groups is 1. The van der Waals surface area contributed by atoms with Crippen molar-refractivity contribution in [3.8, 4) is 11.5 Å². The van der Waals surface area contributed by atoms with Crippen LogP contribution in [0.2, 0.25) is 0 Å². The highest BCUT2D eigenvalue weighted by Crippen LogP contribution is 2.31. The molecular formula is C26H24N8O3. The van der Waals surface area contributed by atoms with Crippen molar-refractivity contribution in [3.05, 3.63) is 72.9 Å². The van der Waals surface area contributed by atoms with Gasteiger partial charge in [-0.3, -0.25) is 0 Å². The minimum absolute atomic E-state index is 0.150. The number of aryl methyl sites for hydroxylation is 1. The zero-order valence-electron chi connectivity index (χ0n) is 20.1. The summed E-state index contributed by atoms with van der Waals surface area (Å²) < 4.78 is 13.1. The molecule has 6 rings (SSSR count). The van der Waals surface area contributed by atoms with Gasteiger partial charge in [-0.1, -0.05) is 0 Å². The Labute approximate surface area is 212 Å². The summed E-state index contributed by atoms with van der Waals surface area (Å²) in [7, 11) is 0. The minimum Gasteiger partial charge on any atom is -0.457 e. The van der Waals surface area contributed by atoms with Crippen LogP contribution < -0.4 is 15.4 Å². The number of nitrogens with zero attached hydrogens (tertiary/aromatic N) is 6. The highest BCUT2D eigenvalue weighted by Gasteiger charge is 2.17. The maximum Gasteiger partial charge on any atom is 0.321 e. The Bertz CT molecular complexity index is 1600. The third-order valence-electron chi connectivity index (χ3n) is 6.10. The number of rotatable bonds is 5. The SMILES string of the molecule is Cc1cc(Nc2ncnc3ccc(NC(=O)N4CCOCC4)cc23)ccc1Oc1ccn2ncnc2c1. The predicted molar refractivity (Wildman–Crippen MR) is 138 cm³/mol. The molecule has 2 amide bonds. The molecule has 2 N–H and O–H groups in total. The fourth-order valence-corrected chi connectivity index (χ4v) is 4.17. The fourth-order valence-electron chi connectivity index (χ4n) is 4.17. The molecule has 5 aromatic rings. The maximum absolute atomic E-state index is 12.6. The van der Waals surface area contributed by atoms with Crippen LogP contribution in [0.5, 0.6) is 11.5 Å². The molecular weight excluding hydrogens is 472 g/mol. The Hall–Kier alpha value is -4.77. The molecule has 0 aliphatic carbocycles. The molecule has 1 aliphatic heterocycles. The summed E-state index contributed by atoms with van der Waals surface area (Å²) >= 11 is 0. The second kappa shape index (κ2) is 9.70. The van der Waals surface area contributed by atoms with Gasteiger partial charge in [-0.2, -0.15) is 5.10 Å². The zero-order chi connectivity index (χ0) is 25.2. The molecule has 0 unspecified atom stereocenters. The van der Waals surface area contributed by atoms with Crippen LogP contribution in [0.1, 0.15) is 5.56 Å². The Morgan fingerprint density at radius 2 is 1.84 bits per heavy atom. The first-order valence-corrected chi connectivity index (χ1v) is 11.9. The molecule has 3 aromatic heterocycles. The number of aromatic nitrogens is 5. The van der Waals surface area contributed by atoms with Gasteiger partial charge in [-0.05, 0) is 55.0 Å². The smallest absolute Gasteiger partial charge is 0.321 e. The van der Waals surface area contributed by atoms with Crippen molar-refractivity contribution >= 4 is 39.8 Å². The minimum atomic E-state index is -0.150. The Morgan fingerprint density at radius 1 is 0.973 bits per heavy atom. The van der Waals surface area contributed by atoms with Crippen LogP contribution in [0.15, 0.2) is 67.4 Å². The van der Waals surface area contributed by atoms with Gasteiger partial charge in [0, 0.05) is 42.1 Å². The van der Waals surface area contributed by atoms with Crippen LogP contribution in [0, 0.1) is 6.92 Å². The van der Waals surface area contributed by atoms with E-state index >= 15 is 0 Å². The summed E-state index contributed by atoms with van der Waals surface area (Å²) in [6.07, 6.45) is 4.82. The van der Waals surface area contributed by atoms with Crippen LogP contribution in [0.25, 0.3) is 16.6 Å². The molecule has 1 aliphatic rings. The van der Waals surface area contributed by atoms with Crippen molar-refractivity contribution in [2.75, 3.05) is 36.9 Å². The van der Waals surface area contributed by atoms with Gasteiger partial charge in [-0.25, -0.2) is 24.3 Å². The average Bonchev–Trinajstić information content (AvgIpc) is 3.39. The fraction of sp³-hybridized carbons (Fsp3) is 0.192. The summed E-state index contributed by atoms with van der Waals surface area (Å²) in [5.41, 5.74) is 3.95. The normalized spacial score (nSPS) is 13.6. The Kier molecular flexibility index (Phi) is 5.95. The van der Waals surface area contributed by atoms with E-state index in [0.29, 0.717) is 49.2 Å². The number of nitrogens with one attached hydrogen (secondary N) is 2. The lowest BCUT2D eigenvalue weighted by molar-refractivity contribution is 0.0564. The van der Waals surface area contributed by atoms with Gasteiger partial charge < -0.3 is 25.0 Å². The van der Waals surface area contributed by atoms with E-state index in [2.05, 4.69) is 30.7 Å². The van der Waals surface area contributed by atoms with Crippen molar-refractivity contribution in [1.82, 2.24) is 29.5 Å². The maximum atomic E-state index is 12.6. The van der Waals surface area contributed by atoms with Crippen molar-refractivity contribution in [2.24, 2.45) is 0 Å². The number of pyridine rings is 1. The number of hydrogen-bond acceptors (Lipinski definition) is 8. The van der Waals surface area contributed by atoms with Gasteiger partial charge >= 0.3 is 6.03 Å². The zero-order valence-corrected chi connectivity index (χ0v) is 20.1. The summed E-state index contributed by atoms with van der Waals surface area (Å²) in [5, 5.41) is 11.2. The summed E-state index contributed by atoms with van der Waals surface area (Å²) in [6.45, 7) is 4.22. The molecule has 0 bridgehead atoms. The average molecular weight is 497 g/mol. The van der Waals surface area contributed by atoms with Crippen LogP contribution >= 0.6 is 0 Å². The number of morpholine rings is 1. The van der Waals surface area contributed by atoms with Crippen molar-refractivity contribution in [2.45, 2.75) is 6.92 Å². The third kappa shape index (κ3) is 4.84. The molecule has 1 saturated heterocycles. The van der Waals surface area contributed by atoms with Crippen LogP contribution in [0.4, 0.5) is 22.0 Å². The molecule has 0 atom stereocenters. The first-order valence-electron chi connectivity index (χ1n) is 11.9. The van der Waals surface area contributed by atoms with Gasteiger partial charge in [0.1, 0.15) is 30.0 Å². The van der Waals surface area contributed by atoms with Crippen molar-refractivity contribution in [3.63, 3.8) is 0 Å². The molecule has 1 fully saturated rings. The monoisotopic (exact) mass is 496 g/mol. The number of carbonyl (C=O) groups excluding carboxylic acids is 1. The number of benzene rings is 2. The first-order chi connectivity index (χ1) is 18.1. The van der Waals surface area contributed by atoms with E-state index in [-0.39, 0.29) is 6.03 Å². The van der Waals surface area contributed by atoms with Crippen molar-refractivity contribution in [1.29, 1.82) is 0 Å². The van der Waals surface area contributed by atoms with E-state index in [1.54, 1.807) is 15.6 Å². The van der Waals surface area contributed by atoms with Gasteiger partial charge in [0.25, 0.3) is 0 Å². The molecule has 0 radical (unpaired) electrons. The molecule has 11 nitrogen and oxygen atoms in total. The van der Waals surface area contributed by atoms with Crippen LogP contribution in [0.3, 0.4) is 0 Å². The molecule has 37 heavy (non-hydrogen) atoms. The number of carbonyl (C=O) groups is 1. The number of ether oxygens (including phenoxy) is 2. The number of hydrogen-bond donors (Lipinski definition) is 2. The highest BCUT2D eigenvalue weighted by molar-refractivity contribution is 5.96. The number of fused-ring (bicyclic) bond motifs is 2. The summed E-state index contributed by atoms with van der Waals surface area (Å²) in [5.74, 6) is 2.05. The molecule has 2 aromatic carbocycles. The van der Waals surface area contributed by atoms with Crippen molar-refractivity contribution < 1.29 is 14.3 Å². The number of amides is 2. The van der Waals surface area contributed by atoms with Gasteiger partial charge in [0.15, 0.2) is 5.65 Å². The predicted octanol–water partition coefficient (Wildman–Crippen LogP) is 4.38. The van der Waals surface area contributed by atoms with E-state index < -0.39 is 0 Å². The molecule has 11 heteroatoms. The molecule has 0 spiro atoms. The lowest BCUT2D eigenvalue weighted by atomic mass is 10.1. The van der Waals surface area contributed by atoms with E-state index in [1.807, 2.05) is 55.5 Å². The lowest BCUT2D eigenvalue weighted by Crippen LogP contribution is -2.43. The largest absolute Gasteiger partial charge is 0.457 e. The van der Waals surface area contributed by atoms with Crippen LogP contribution in [-0.2, 0) is 4.74 Å². The molecule has 186 valence electrons.